The fourth-order valence-corrected chi connectivity index (χ4v) is 3.09. The van der Waals surface area contributed by atoms with Crippen LogP contribution in [-0.4, -0.2) is 13.4 Å². The minimum Gasteiger partial charge on any atom is -0.279 e. The van der Waals surface area contributed by atoms with Gasteiger partial charge in [0.2, 0.25) is 0 Å². The topological polar surface area (TPSA) is 59.1 Å². The molecule has 7 heteroatoms. The van der Waals surface area contributed by atoms with Crippen molar-refractivity contribution >= 4 is 38.9 Å². The fourth-order valence-electron chi connectivity index (χ4n) is 1.43. The van der Waals surface area contributed by atoms with Crippen molar-refractivity contribution in [1.82, 2.24) is 4.98 Å². The van der Waals surface area contributed by atoms with Gasteiger partial charge >= 0.3 is 0 Å². The van der Waals surface area contributed by atoms with Crippen molar-refractivity contribution in [2.45, 2.75) is 11.8 Å². The summed E-state index contributed by atoms with van der Waals surface area (Å²) in [6.07, 6.45) is 2.62. The van der Waals surface area contributed by atoms with E-state index in [1.165, 1.54) is 18.5 Å². The number of aromatic nitrogens is 1. The number of halogens is 2. The Balaban J connectivity index is 2.37. The van der Waals surface area contributed by atoms with E-state index in [0.29, 0.717) is 10.7 Å². The van der Waals surface area contributed by atoms with Crippen LogP contribution >= 0.6 is 23.2 Å². The van der Waals surface area contributed by atoms with E-state index in [2.05, 4.69) is 9.71 Å². The number of hydrogen-bond donors (Lipinski definition) is 1. The lowest BCUT2D eigenvalue weighted by Crippen LogP contribution is -2.13. The molecule has 0 amide bonds. The summed E-state index contributed by atoms with van der Waals surface area (Å²) in [4.78, 5) is 3.68. The van der Waals surface area contributed by atoms with E-state index < -0.39 is 10.0 Å². The Hall–Kier alpha value is -1.30. The van der Waals surface area contributed by atoms with Crippen LogP contribution in [0.2, 0.25) is 10.0 Å². The van der Waals surface area contributed by atoms with Crippen LogP contribution in [0.5, 0.6) is 0 Å². The molecule has 1 heterocycles. The van der Waals surface area contributed by atoms with Crippen LogP contribution in [0.25, 0.3) is 0 Å². The largest absolute Gasteiger partial charge is 0.279 e. The van der Waals surface area contributed by atoms with Crippen molar-refractivity contribution in [3.8, 4) is 0 Å². The maximum absolute atomic E-state index is 12.1. The Morgan fingerprint density at radius 3 is 2.53 bits per heavy atom. The summed E-state index contributed by atoms with van der Waals surface area (Å²) >= 11 is 11.8. The fraction of sp³-hybridized carbons (Fsp3) is 0.0833. The lowest BCUT2D eigenvalue weighted by atomic mass is 10.2. The van der Waals surface area contributed by atoms with E-state index in [1.54, 1.807) is 18.2 Å². The minimum absolute atomic E-state index is 0.0756. The number of rotatable bonds is 3. The molecule has 0 aliphatic carbocycles. The Morgan fingerprint density at radius 2 is 1.89 bits per heavy atom. The molecule has 4 nitrogen and oxygen atoms in total. The molecule has 1 aromatic heterocycles. The van der Waals surface area contributed by atoms with Crippen molar-refractivity contribution in [2.24, 2.45) is 0 Å². The molecule has 19 heavy (non-hydrogen) atoms. The van der Waals surface area contributed by atoms with Crippen molar-refractivity contribution in [1.29, 1.82) is 0 Å². The van der Waals surface area contributed by atoms with Crippen LogP contribution in [0.1, 0.15) is 5.56 Å². The molecule has 0 saturated heterocycles. The Kier molecular flexibility index (Phi) is 3.99. The van der Waals surface area contributed by atoms with Gasteiger partial charge in [0, 0.05) is 17.4 Å². The van der Waals surface area contributed by atoms with E-state index in [-0.39, 0.29) is 9.92 Å². The molecule has 0 saturated carbocycles. The zero-order chi connectivity index (χ0) is 14.0. The second kappa shape index (κ2) is 5.36. The molecule has 2 rings (SSSR count). The van der Waals surface area contributed by atoms with E-state index in [4.69, 9.17) is 23.2 Å². The standard InChI is InChI=1S/C12H10Cl2N2O2S/c1-8-2-3-9(6-11(8)14)16-19(17,18)12-7-15-5-4-10(12)13/h2-7,16H,1H3. The van der Waals surface area contributed by atoms with Crippen LogP contribution in [0.4, 0.5) is 5.69 Å². The van der Waals surface area contributed by atoms with Gasteiger partial charge in [-0.25, -0.2) is 8.42 Å². The first-order valence-corrected chi connectivity index (χ1v) is 7.52. The molecule has 0 spiro atoms. The molecular formula is C12H10Cl2N2O2S. The highest BCUT2D eigenvalue weighted by Crippen LogP contribution is 2.25. The first-order valence-electron chi connectivity index (χ1n) is 5.28. The molecule has 0 fully saturated rings. The molecule has 0 aliphatic heterocycles. The average molecular weight is 317 g/mol. The highest BCUT2D eigenvalue weighted by molar-refractivity contribution is 7.92. The summed E-state index contributed by atoms with van der Waals surface area (Å²) in [5.74, 6) is 0. The molecular weight excluding hydrogens is 307 g/mol. The van der Waals surface area contributed by atoms with Crippen LogP contribution in [0.3, 0.4) is 0 Å². The maximum Gasteiger partial charge on any atom is 0.264 e. The van der Waals surface area contributed by atoms with Gasteiger partial charge in [0.25, 0.3) is 10.0 Å². The number of hydrogen-bond acceptors (Lipinski definition) is 3. The summed E-state index contributed by atoms with van der Waals surface area (Å²) in [6, 6.07) is 6.31. The first-order chi connectivity index (χ1) is 8.90. The van der Waals surface area contributed by atoms with Crippen LogP contribution in [0, 0.1) is 6.92 Å². The van der Waals surface area contributed by atoms with Crippen LogP contribution in [-0.2, 0) is 10.0 Å². The number of benzene rings is 1. The van der Waals surface area contributed by atoms with Crippen molar-refractivity contribution in [2.75, 3.05) is 4.72 Å². The Morgan fingerprint density at radius 1 is 1.16 bits per heavy atom. The van der Waals surface area contributed by atoms with E-state index in [1.807, 2.05) is 6.92 Å². The molecule has 1 N–H and O–H groups in total. The van der Waals surface area contributed by atoms with Gasteiger partial charge in [0.15, 0.2) is 0 Å². The van der Waals surface area contributed by atoms with E-state index in [0.717, 1.165) is 5.56 Å². The molecule has 0 aliphatic rings. The third-order valence-electron chi connectivity index (χ3n) is 2.45. The molecule has 0 bridgehead atoms. The van der Waals surface area contributed by atoms with Gasteiger partial charge in [0.1, 0.15) is 4.90 Å². The number of aryl methyl sites for hydroxylation is 1. The zero-order valence-electron chi connectivity index (χ0n) is 9.89. The molecule has 0 radical (unpaired) electrons. The normalized spacial score (nSPS) is 11.3. The number of sulfonamides is 1. The molecule has 0 atom stereocenters. The number of nitrogens with zero attached hydrogens (tertiary/aromatic N) is 1. The molecule has 100 valence electrons. The third kappa shape index (κ3) is 3.18. The summed E-state index contributed by atoms with van der Waals surface area (Å²) in [5.41, 5.74) is 1.24. The predicted octanol–water partition coefficient (Wildman–Crippen LogP) is 3.50. The number of pyridine rings is 1. The summed E-state index contributed by atoms with van der Waals surface area (Å²) < 4.78 is 26.7. The van der Waals surface area contributed by atoms with E-state index in [9.17, 15) is 8.42 Å². The SMILES string of the molecule is Cc1ccc(NS(=O)(=O)c2cnccc2Cl)cc1Cl. The van der Waals surface area contributed by atoms with Crippen molar-refractivity contribution in [3.63, 3.8) is 0 Å². The Bertz CT molecular complexity index is 717. The van der Waals surface area contributed by atoms with Gasteiger partial charge in [-0.15, -0.1) is 0 Å². The van der Waals surface area contributed by atoms with E-state index >= 15 is 0 Å². The highest BCUT2D eigenvalue weighted by atomic mass is 35.5. The Labute approximate surface area is 121 Å². The smallest absolute Gasteiger partial charge is 0.264 e. The second-order valence-corrected chi connectivity index (χ2v) is 6.34. The van der Waals surface area contributed by atoms with Gasteiger partial charge in [0.05, 0.1) is 10.7 Å². The lowest BCUT2D eigenvalue weighted by Gasteiger charge is -2.09. The summed E-state index contributed by atoms with van der Waals surface area (Å²) in [5, 5.41) is 0.596. The van der Waals surface area contributed by atoms with Gasteiger partial charge < -0.3 is 0 Å². The first kappa shape index (κ1) is 14.1. The van der Waals surface area contributed by atoms with Crippen LogP contribution in [0.15, 0.2) is 41.6 Å². The maximum atomic E-state index is 12.1. The average Bonchev–Trinajstić information content (AvgIpc) is 2.34. The minimum atomic E-state index is -3.78. The van der Waals surface area contributed by atoms with Gasteiger partial charge in [-0.05, 0) is 30.7 Å². The number of nitrogens with one attached hydrogen (secondary N) is 1. The predicted molar refractivity (Wildman–Crippen MR) is 76.2 cm³/mol. The summed E-state index contributed by atoms with van der Waals surface area (Å²) in [6.45, 7) is 1.83. The zero-order valence-corrected chi connectivity index (χ0v) is 12.2. The summed E-state index contributed by atoms with van der Waals surface area (Å²) in [7, 11) is -3.78. The van der Waals surface area contributed by atoms with Crippen molar-refractivity contribution < 1.29 is 8.42 Å². The van der Waals surface area contributed by atoms with Crippen LogP contribution < -0.4 is 4.72 Å². The molecule has 2 aromatic rings. The molecule has 0 unspecified atom stereocenters. The lowest BCUT2D eigenvalue weighted by molar-refractivity contribution is 0.601. The second-order valence-electron chi connectivity index (χ2n) is 3.88. The highest BCUT2D eigenvalue weighted by Gasteiger charge is 2.18. The number of anilines is 1. The van der Waals surface area contributed by atoms with Gasteiger partial charge in [-0.3, -0.25) is 9.71 Å². The van der Waals surface area contributed by atoms with Crippen molar-refractivity contribution in [3.05, 3.63) is 52.3 Å². The molecule has 1 aromatic carbocycles. The van der Waals surface area contributed by atoms with Gasteiger partial charge in [-0.2, -0.15) is 0 Å². The third-order valence-corrected chi connectivity index (χ3v) is 4.71. The van der Waals surface area contributed by atoms with Gasteiger partial charge in [-0.1, -0.05) is 29.3 Å². The monoisotopic (exact) mass is 316 g/mol. The quantitative estimate of drug-likeness (QED) is 0.942.